The third kappa shape index (κ3) is 2.21. The fourth-order valence-electron chi connectivity index (χ4n) is 2.65. The minimum absolute atomic E-state index is 0.522. The molecule has 1 aromatic heterocycles. The quantitative estimate of drug-likeness (QED) is 0.737. The SMILES string of the molecule is OC1(Cc2ccc3cc[nH]c3c2)CCNCC1. The summed E-state index contributed by atoms with van der Waals surface area (Å²) in [6.45, 7) is 1.84. The Labute approximate surface area is 101 Å². The fourth-order valence-corrected chi connectivity index (χ4v) is 2.65. The van der Waals surface area contributed by atoms with Gasteiger partial charge in [0, 0.05) is 18.1 Å². The van der Waals surface area contributed by atoms with Crippen LogP contribution in [-0.2, 0) is 6.42 Å². The summed E-state index contributed by atoms with van der Waals surface area (Å²) in [4.78, 5) is 3.22. The van der Waals surface area contributed by atoms with E-state index in [0.717, 1.165) is 37.9 Å². The molecule has 0 atom stereocenters. The lowest BCUT2D eigenvalue weighted by molar-refractivity contribution is 0.0109. The lowest BCUT2D eigenvalue weighted by Gasteiger charge is -2.32. The predicted molar refractivity (Wildman–Crippen MR) is 69.1 cm³/mol. The van der Waals surface area contributed by atoms with E-state index in [9.17, 15) is 5.11 Å². The highest BCUT2D eigenvalue weighted by molar-refractivity contribution is 5.79. The Bertz CT molecular complexity index is 512. The summed E-state index contributed by atoms with van der Waals surface area (Å²) in [5.41, 5.74) is 1.84. The highest BCUT2D eigenvalue weighted by Gasteiger charge is 2.29. The lowest BCUT2D eigenvalue weighted by Crippen LogP contribution is -2.43. The molecule has 0 aliphatic carbocycles. The first-order valence-corrected chi connectivity index (χ1v) is 6.24. The Balaban J connectivity index is 1.83. The van der Waals surface area contributed by atoms with Crippen LogP contribution in [0.25, 0.3) is 10.9 Å². The van der Waals surface area contributed by atoms with Crippen LogP contribution in [-0.4, -0.2) is 28.8 Å². The second kappa shape index (κ2) is 4.17. The molecule has 17 heavy (non-hydrogen) atoms. The first-order chi connectivity index (χ1) is 8.25. The van der Waals surface area contributed by atoms with Crippen molar-refractivity contribution in [1.82, 2.24) is 10.3 Å². The van der Waals surface area contributed by atoms with E-state index < -0.39 is 5.60 Å². The van der Waals surface area contributed by atoms with E-state index in [2.05, 4.69) is 34.6 Å². The van der Waals surface area contributed by atoms with Crippen molar-refractivity contribution in [2.24, 2.45) is 0 Å². The molecule has 2 aromatic rings. The van der Waals surface area contributed by atoms with Crippen LogP contribution in [0.1, 0.15) is 18.4 Å². The number of fused-ring (bicyclic) bond motifs is 1. The largest absolute Gasteiger partial charge is 0.389 e. The average Bonchev–Trinajstić information content (AvgIpc) is 2.76. The normalized spacial score (nSPS) is 19.6. The molecule has 1 aliphatic rings. The monoisotopic (exact) mass is 230 g/mol. The van der Waals surface area contributed by atoms with E-state index >= 15 is 0 Å². The number of aromatic nitrogens is 1. The Morgan fingerprint density at radius 2 is 2.00 bits per heavy atom. The van der Waals surface area contributed by atoms with Crippen molar-refractivity contribution in [3.05, 3.63) is 36.0 Å². The van der Waals surface area contributed by atoms with Gasteiger partial charge in [0.1, 0.15) is 0 Å². The summed E-state index contributed by atoms with van der Waals surface area (Å²) in [5, 5.41) is 15.0. The fraction of sp³-hybridized carbons (Fsp3) is 0.429. The number of rotatable bonds is 2. The van der Waals surface area contributed by atoms with Crippen molar-refractivity contribution < 1.29 is 5.11 Å². The molecule has 0 radical (unpaired) electrons. The van der Waals surface area contributed by atoms with E-state index in [1.165, 1.54) is 10.9 Å². The van der Waals surface area contributed by atoms with Crippen LogP contribution in [0.2, 0.25) is 0 Å². The molecule has 1 aliphatic heterocycles. The smallest absolute Gasteiger partial charge is 0.0712 e. The van der Waals surface area contributed by atoms with Gasteiger partial charge in [0.05, 0.1) is 5.60 Å². The molecule has 0 unspecified atom stereocenters. The molecular formula is C14H18N2O. The van der Waals surface area contributed by atoms with E-state index in [1.807, 2.05) is 6.20 Å². The molecule has 0 saturated carbocycles. The Morgan fingerprint density at radius 1 is 1.18 bits per heavy atom. The Hall–Kier alpha value is -1.32. The second-order valence-electron chi connectivity index (χ2n) is 5.05. The average molecular weight is 230 g/mol. The van der Waals surface area contributed by atoms with Gasteiger partial charge in [-0.2, -0.15) is 0 Å². The first-order valence-electron chi connectivity index (χ1n) is 6.24. The number of benzene rings is 1. The van der Waals surface area contributed by atoms with Gasteiger partial charge >= 0.3 is 0 Å². The molecule has 0 amide bonds. The van der Waals surface area contributed by atoms with Crippen molar-refractivity contribution in [3.63, 3.8) is 0 Å². The van der Waals surface area contributed by atoms with Crippen molar-refractivity contribution >= 4 is 10.9 Å². The molecule has 3 N–H and O–H groups in total. The summed E-state index contributed by atoms with van der Waals surface area (Å²) in [5.74, 6) is 0. The summed E-state index contributed by atoms with van der Waals surface area (Å²) in [7, 11) is 0. The molecule has 90 valence electrons. The van der Waals surface area contributed by atoms with Crippen molar-refractivity contribution in [1.29, 1.82) is 0 Å². The third-order valence-electron chi connectivity index (χ3n) is 3.69. The van der Waals surface area contributed by atoms with Gasteiger partial charge in [-0.15, -0.1) is 0 Å². The van der Waals surface area contributed by atoms with Crippen molar-refractivity contribution in [3.8, 4) is 0 Å². The van der Waals surface area contributed by atoms with Crippen LogP contribution in [0.3, 0.4) is 0 Å². The molecule has 0 spiro atoms. The first kappa shape index (κ1) is 10.8. The van der Waals surface area contributed by atoms with Gasteiger partial charge in [-0.3, -0.25) is 0 Å². The van der Waals surface area contributed by atoms with Crippen LogP contribution in [0.15, 0.2) is 30.5 Å². The molecule has 2 heterocycles. The molecule has 3 rings (SSSR count). The number of hydrogen-bond acceptors (Lipinski definition) is 2. The summed E-state index contributed by atoms with van der Waals surface area (Å²) in [6, 6.07) is 8.45. The van der Waals surface area contributed by atoms with Crippen LogP contribution < -0.4 is 5.32 Å². The zero-order chi connectivity index (χ0) is 11.7. The van der Waals surface area contributed by atoms with Crippen LogP contribution in [0.4, 0.5) is 0 Å². The minimum Gasteiger partial charge on any atom is -0.389 e. The van der Waals surface area contributed by atoms with E-state index in [1.54, 1.807) is 0 Å². The number of aliphatic hydroxyl groups is 1. The van der Waals surface area contributed by atoms with E-state index in [4.69, 9.17) is 0 Å². The number of nitrogens with one attached hydrogen (secondary N) is 2. The van der Waals surface area contributed by atoms with Crippen LogP contribution in [0, 0.1) is 0 Å². The zero-order valence-corrected chi connectivity index (χ0v) is 9.87. The highest BCUT2D eigenvalue weighted by atomic mass is 16.3. The molecular weight excluding hydrogens is 212 g/mol. The molecule has 1 fully saturated rings. The number of aromatic amines is 1. The maximum absolute atomic E-state index is 10.5. The topological polar surface area (TPSA) is 48.0 Å². The van der Waals surface area contributed by atoms with Crippen LogP contribution >= 0.6 is 0 Å². The summed E-state index contributed by atoms with van der Waals surface area (Å²) < 4.78 is 0. The lowest BCUT2D eigenvalue weighted by atomic mass is 9.86. The second-order valence-corrected chi connectivity index (χ2v) is 5.05. The number of H-pyrrole nitrogens is 1. The van der Waals surface area contributed by atoms with Gasteiger partial charge < -0.3 is 15.4 Å². The van der Waals surface area contributed by atoms with Gasteiger partial charge in [0.2, 0.25) is 0 Å². The van der Waals surface area contributed by atoms with E-state index in [-0.39, 0.29) is 0 Å². The Morgan fingerprint density at radius 3 is 2.82 bits per heavy atom. The molecule has 3 heteroatoms. The van der Waals surface area contributed by atoms with Gasteiger partial charge in [-0.1, -0.05) is 12.1 Å². The standard InChI is InChI=1S/C14H18N2O/c17-14(4-7-15-8-5-14)10-11-1-2-12-3-6-16-13(12)9-11/h1-3,6,9,15-17H,4-5,7-8,10H2. The third-order valence-corrected chi connectivity index (χ3v) is 3.69. The zero-order valence-electron chi connectivity index (χ0n) is 9.87. The van der Waals surface area contributed by atoms with Crippen molar-refractivity contribution in [2.45, 2.75) is 24.9 Å². The van der Waals surface area contributed by atoms with Gasteiger partial charge in [-0.25, -0.2) is 0 Å². The summed E-state index contributed by atoms with van der Waals surface area (Å²) in [6.07, 6.45) is 4.39. The van der Waals surface area contributed by atoms with Gasteiger partial charge in [-0.05, 0) is 49.0 Å². The highest BCUT2D eigenvalue weighted by Crippen LogP contribution is 2.24. The number of hydrogen-bond donors (Lipinski definition) is 3. The van der Waals surface area contributed by atoms with E-state index in [0.29, 0.717) is 0 Å². The van der Waals surface area contributed by atoms with Gasteiger partial charge in [0.15, 0.2) is 0 Å². The number of piperidine rings is 1. The Kier molecular flexibility index (Phi) is 2.65. The molecule has 3 nitrogen and oxygen atoms in total. The molecule has 1 aromatic carbocycles. The predicted octanol–water partition coefficient (Wildman–Crippen LogP) is 1.82. The van der Waals surface area contributed by atoms with Crippen LogP contribution in [0.5, 0.6) is 0 Å². The van der Waals surface area contributed by atoms with Gasteiger partial charge in [0.25, 0.3) is 0 Å². The van der Waals surface area contributed by atoms with Crippen molar-refractivity contribution in [2.75, 3.05) is 13.1 Å². The maximum atomic E-state index is 10.5. The molecule has 0 bridgehead atoms. The molecule has 1 saturated heterocycles. The maximum Gasteiger partial charge on any atom is 0.0712 e. The minimum atomic E-state index is -0.522. The summed E-state index contributed by atoms with van der Waals surface area (Å²) >= 11 is 0.